The summed E-state index contributed by atoms with van der Waals surface area (Å²) in [5, 5.41) is 0. The van der Waals surface area contributed by atoms with Gasteiger partial charge in [0.05, 0.1) is 6.10 Å². The molecule has 0 fully saturated rings. The van der Waals surface area contributed by atoms with Gasteiger partial charge in [-0.1, -0.05) is 29.8 Å². The van der Waals surface area contributed by atoms with Gasteiger partial charge in [0, 0.05) is 0 Å². The molecule has 2 aromatic rings. The van der Waals surface area contributed by atoms with Crippen LogP contribution in [0.4, 0.5) is 0 Å². The summed E-state index contributed by atoms with van der Waals surface area (Å²) in [6, 6.07) is 13.6. The van der Waals surface area contributed by atoms with Crippen LogP contribution in [-0.2, 0) is 14.5 Å². The van der Waals surface area contributed by atoms with Gasteiger partial charge < -0.3 is 8.61 Å². The van der Waals surface area contributed by atoms with Gasteiger partial charge in [0.15, 0.2) is 8.32 Å². The zero-order chi connectivity index (χ0) is 18.0. The van der Waals surface area contributed by atoms with E-state index >= 15 is 0 Å². The quantitative estimate of drug-likeness (QED) is 0.552. The maximum absolute atomic E-state index is 12.4. The van der Waals surface area contributed by atoms with Gasteiger partial charge in [-0.3, -0.25) is 0 Å². The molecular weight excluding hydrogens is 340 g/mol. The molecule has 24 heavy (non-hydrogen) atoms. The first-order valence-corrected chi connectivity index (χ1v) is 12.7. The number of hydrogen-bond acceptors (Lipinski definition) is 4. The minimum absolute atomic E-state index is 0.109. The van der Waals surface area contributed by atoms with Gasteiger partial charge in [-0.15, -0.1) is 0 Å². The molecule has 0 amide bonds. The molecule has 4 nitrogen and oxygen atoms in total. The van der Waals surface area contributed by atoms with Crippen LogP contribution in [0.25, 0.3) is 0 Å². The fourth-order valence-corrected chi connectivity index (χ4v) is 4.42. The Morgan fingerprint density at radius 1 is 1.00 bits per heavy atom. The topological polar surface area (TPSA) is 52.6 Å². The number of aryl methyl sites for hydroxylation is 1. The number of hydrogen-bond donors (Lipinski definition) is 0. The van der Waals surface area contributed by atoms with Crippen LogP contribution in [0.2, 0.25) is 19.6 Å². The minimum atomic E-state index is -3.84. The zero-order valence-electron chi connectivity index (χ0n) is 14.7. The van der Waals surface area contributed by atoms with Crippen LogP contribution in [0.1, 0.15) is 24.2 Å². The van der Waals surface area contributed by atoms with Crippen molar-refractivity contribution in [2.75, 3.05) is 0 Å². The molecule has 0 bridgehead atoms. The highest BCUT2D eigenvalue weighted by atomic mass is 32.2. The van der Waals surface area contributed by atoms with Crippen LogP contribution >= 0.6 is 0 Å². The molecule has 0 aliphatic rings. The normalized spacial score (nSPS) is 13.5. The highest BCUT2D eigenvalue weighted by Gasteiger charge is 2.21. The summed E-state index contributed by atoms with van der Waals surface area (Å²) < 4.78 is 36.1. The van der Waals surface area contributed by atoms with E-state index in [-0.39, 0.29) is 11.0 Å². The van der Waals surface area contributed by atoms with Crippen molar-refractivity contribution in [3.8, 4) is 5.75 Å². The zero-order valence-corrected chi connectivity index (χ0v) is 16.6. The molecule has 0 spiro atoms. The summed E-state index contributed by atoms with van der Waals surface area (Å²) in [4.78, 5) is 0.143. The molecule has 0 heterocycles. The lowest BCUT2D eigenvalue weighted by Crippen LogP contribution is -2.26. The maximum atomic E-state index is 12.4. The molecule has 1 unspecified atom stereocenters. The third-order valence-electron chi connectivity index (χ3n) is 3.37. The van der Waals surface area contributed by atoms with Crippen LogP contribution in [0, 0.1) is 6.92 Å². The Kier molecular flexibility index (Phi) is 5.52. The van der Waals surface area contributed by atoms with Gasteiger partial charge in [-0.2, -0.15) is 8.42 Å². The summed E-state index contributed by atoms with van der Waals surface area (Å²) >= 11 is 0. The predicted molar refractivity (Wildman–Crippen MR) is 98.3 cm³/mol. The van der Waals surface area contributed by atoms with Crippen LogP contribution in [-0.4, -0.2) is 16.7 Å². The fraction of sp³-hybridized carbons (Fsp3) is 0.333. The van der Waals surface area contributed by atoms with Gasteiger partial charge in [0.1, 0.15) is 10.6 Å². The van der Waals surface area contributed by atoms with Gasteiger partial charge in [0.25, 0.3) is 0 Å². The predicted octanol–water partition coefficient (Wildman–Crippen LogP) is 4.68. The van der Waals surface area contributed by atoms with E-state index in [4.69, 9.17) is 8.61 Å². The maximum Gasteiger partial charge on any atom is 0.339 e. The van der Waals surface area contributed by atoms with Crippen molar-refractivity contribution in [2.45, 2.75) is 44.5 Å². The second kappa shape index (κ2) is 7.09. The summed E-state index contributed by atoms with van der Waals surface area (Å²) in [5.74, 6) is 0.291. The van der Waals surface area contributed by atoms with E-state index < -0.39 is 18.4 Å². The number of rotatable bonds is 6. The molecule has 2 aromatic carbocycles. The van der Waals surface area contributed by atoms with E-state index in [9.17, 15) is 8.42 Å². The highest BCUT2D eigenvalue weighted by molar-refractivity contribution is 7.87. The third-order valence-corrected chi connectivity index (χ3v) is 5.70. The molecule has 130 valence electrons. The molecule has 6 heteroatoms. The van der Waals surface area contributed by atoms with Crippen molar-refractivity contribution in [1.82, 2.24) is 0 Å². The standard InChI is InChI=1S/C18H24O4SSi/c1-14-9-11-18(12-10-14)23(19,20)21-17-8-6-7-16(13-17)15(2)22-24(3,4)5/h6-13,15H,1-5H3. The Balaban J connectivity index is 2.21. The van der Waals surface area contributed by atoms with Crippen molar-refractivity contribution < 1.29 is 17.0 Å². The molecule has 0 aliphatic heterocycles. The fourth-order valence-electron chi connectivity index (χ4n) is 2.30. The molecule has 0 aliphatic carbocycles. The molecule has 0 saturated heterocycles. The van der Waals surface area contributed by atoms with E-state index in [1.54, 1.807) is 42.5 Å². The molecule has 1 atom stereocenters. The largest absolute Gasteiger partial charge is 0.411 e. The van der Waals surface area contributed by atoms with Crippen LogP contribution in [0.3, 0.4) is 0 Å². The summed E-state index contributed by atoms with van der Waals surface area (Å²) in [5.41, 5.74) is 1.89. The van der Waals surface area contributed by atoms with Gasteiger partial charge in [-0.05, 0) is 63.3 Å². The van der Waals surface area contributed by atoms with Crippen molar-refractivity contribution in [2.24, 2.45) is 0 Å². The summed E-state index contributed by atoms with van der Waals surface area (Å²) in [6.45, 7) is 10.2. The van der Waals surface area contributed by atoms with Crippen molar-refractivity contribution in [1.29, 1.82) is 0 Å². The van der Waals surface area contributed by atoms with E-state index in [2.05, 4.69) is 19.6 Å². The van der Waals surface area contributed by atoms with Crippen LogP contribution in [0.15, 0.2) is 53.4 Å². The first kappa shape index (κ1) is 18.7. The van der Waals surface area contributed by atoms with Crippen molar-refractivity contribution >= 4 is 18.4 Å². The Morgan fingerprint density at radius 3 is 2.21 bits per heavy atom. The highest BCUT2D eigenvalue weighted by Crippen LogP contribution is 2.26. The molecule has 0 aromatic heterocycles. The average molecular weight is 365 g/mol. The smallest absolute Gasteiger partial charge is 0.339 e. The average Bonchev–Trinajstić information content (AvgIpc) is 2.45. The lowest BCUT2D eigenvalue weighted by atomic mass is 10.1. The molecule has 0 saturated carbocycles. The summed E-state index contributed by atoms with van der Waals surface area (Å²) in [6.07, 6.45) is -0.109. The van der Waals surface area contributed by atoms with E-state index in [1.807, 2.05) is 19.9 Å². The van der Waals surface area contributed by atoms with Gasteiger partial charge >= 0.3 is 10.1 Å². The summed E-state index contributed by atoms with van der Waals surface area (Å²) in [7, 11) is -5.52. The Bertz CT molecular complexity index is 793. The number of benzene rings is 2. The minimum Gasteiger partial charge on any atom is -0.411 e. The third kappa shape index (κ3) is 5.19. The molecule has 2 rings (SSSR count). The molecular formula is C18H24O4SSi. The van der Waals surface area contributed by atoms with Crippen molar-refractivity contribution in [3.05, 3.63) is 59.7 Å². The SMILES string of the molecule is Cc1ccc(S(=O)(=O)Oc2cccc(C(C)O[Si](C)(C)C)c2)cc1. The second-order valence-electron chi connectivity index (χ2n) is 6.80. The van der Waals surface area contributed by atoms with Crippen LogP contribution < -0.4 is 4.18 Å². The van der Waals surface area contributed by atoms with Gasteiger partial charge in [-0.25, -0.2) is 0 Å². The van der Waals surface area contributed by atoms with Crippen molar-refractivity contribution in [3.63, 3.8) is 0 Å². The van der Waals surface area contributed by atoms with Crippen LogP contribution in [0.5, 0.6) is 5.75 Å². The Hall–Kier alpha value is -1.63. The van der Waals surface area contributed by atoms with E-state index in [0.29, 0.717) is 5.75 Å². The molecule has 0 radical (unpaired) electrons. The first-order valence-electron chi connectivity index (χ1n) is 7.86. The monoisotopic (exact) mass is 364 g/mol. The van der Waals surface area contributed by atoms with E-state index in [1.165, 1.54) is 0 Å². The first-order chi connectivity index (χ1) is 11.1. The Morgan fingerprint density at radius 2 is 1.62 bits per heavy atom. The van der Waals surface area contributed by atoms with Gasteiger partial charge in [0.2, 0.25) is 0 Å². The second-order valence-corrected chi connectivity index (χ2v) is 12.8. The van der Waals surface area contributed by atoms with E-state index in [0.717, 1.165) is 11.1 Å². The lowest BCUT2D eigenvalue weighted by molar-refractivity contribution is 0.219. The molecule has 0 N–H and O–H groups in total. The Labute approximate surface area is 145 Å². The lowest BCUT2D eigenvalue weighted by Gasteiger charge is -2.24.